The van der Waals surface area contributed by atoms with Crippen LogP contribution >= 0.6 is 11.3 Å². The van der Waals surface area contributed by atoms with Crippen LogP contribution in [0, 0.1) is 0 Å². The molecular weight excluding hydrogens is 480 g/mol. The molecule has 33 heavy (non-hydrogen) atoms. The largest absolute Gasteiger partial charge is 0.609 e. The van der Waals surface area contributed by atoms with Crippen molar-refractivity contribution in [2.45, 2.75) is 31.5 Å². The number of carbonyl (C=O) groups excluding carboxylic acids is 1. The zero-order valence-corrected chi connectivity index (χ0v) is 21.5. The molecule has 1 unspecified atom stereocenters. The summed E-state index contributed by atoms with van der Waals surface area (Å²) in [7, 11) is -3.08. The molecule has 176 valence electrons. The van der Waals surface area contributed by atoms with Crippen molar-refractivity contribution in [3.05, 3.63) is 40.8 Å². The minimum absolute atomic E-state index is 0.0438. The Morgan fingerprint density at radius 1 is 1.24 bits per heavy atom. The van der Waals surface area contributed by atoms with Crippen LogP contribution in [0.3, 0.4) is 0 Å². The van der Waals surface area contributed by atoms with Crippen LogP contribution < -0.4 is 11.1 Å². The molecule has 2 aromatic heterocycles. The Labute approximate surface area is 200 Å². The van der Waals surface area contributed by atoms with Gasteiger partial charge in [0.25, 0.3) is 5.91 Å². The lowest BCUT2D eigenvalue weighted by Gasteiger charge is -2.20. The monoisotopic (exact) mass is 506 g/mol. The summed E-state index contributed by atoms with van der Waals surface area (Å²) >= 11 is -0.296. The van der Waals surface area contributed by atoms with Crippen molar-refractivity contribution in [1.82, 2.24) is 15.3 Å². The second-order valence-corrected chi connectivity index (χ2v) is 13.1. The highest BCUT2D eigenvalue weighted by molar-refractivity contribution is 7.90. The first-order chi connectivity index (χ1) is 15.2. The molecule has 3 N–H and O–H groups in total. The van der Waals surface area contributed by atoms with Gasteiger partial charge in [-0.2, -0.15) is 9.97 Å². The van der Waals surface area contributed by atoms with E-state index >= 15 is 0 Å². The summed E-state index contributed by atoms with van der Waals surface area (Å²) < 4.78 is 34.8. The number of rotatable bonds is 6. The van der Waals surface area contributed by atoms with E-state index in [0.29, 0.717) is 26.4 Å². The van der Waals surface area contributed by atoms with Crippen LogP contribution in [0.1, 0.15) is 36.0 Å². The number of nitrogens with zero attached hydrogens (tertiary/aromatic N) is 2. The first-order valence-electron chi connectivity index (χ1n) is 9.96. The fraction of sp³-hybridized carbons (Fsp3) is 0.318. The van der Waals surface area contributed by atoms with Crippen molar-refractivity contribution in [1.29, 1.82) is 0 Å². The fourth-order valence-corrected chi connectivity index (χ4v) is 4.95. The molecule has 0 bridgehead atoms. The van der Waals surface area contributed by atoms with Crippen LogP contribution in [0.25, 0.3) is 27.6 Å². The summed E-state index contributed by atoms with van der Waals surface area (Å²) in [4.78, 5) is 22.5. The quantitative estimate of drug-likeness (QED) is 0.386. The molecule has 0 saturated heterocycles. The van der Waals surface area contributed by atoms with Gasteiger partial charge in [0.1, 0.15) is 16.0 Å². The lowest BCUT2D eigenvalue weighted by molar-refractivity contribution is 0.0924. The molecule has 0 aliphatic rings. The van der Waals surface area contributed by atoms with Crippen molar-refractivity contribution in [2.24, 2.45) is 0 Å². The van der Waals surface area contributed by atoms with Gasteiger partial charge in [-0.3, -0.25) is 4.79 Å². The highest BCUT2D eigenvalue weighted by Crippen LogP contribution is 2.39. The number of nitrogens with two attached hydrogens (primary N) is 1. The number of thiophene rings is 1. The minimum atomic E-state index is -3.08. The van der Waals surface area contributed by atoms with Crippen LogP contribution in [0.15, 0.2) is 35.5 Å². The predicted octanol–water partition coefficient (Wildman–Crippen LogP) is 3.26. The van der Waals surface area contributed by atoms with Crippen molar-refractivity contribution in [3.8, 4) is 11.3 Å². The average Bonchev–Trinajstić information content (AvgIpc) is 3.02. The number of fused-ring (bicyclic) bond motifs is 1. The predicted molar refractivity (Wildman–Crippen MR) is 136 cm³/mol. The van der Waals surface area contributed by atoms with Gasteiger partial charge >= 0.3 is 5.16 Å². The number of sulfone groups is 1. The molecule has 0 radical (unpaired) electrons. The number of aromatic nitrogens is 2. The Kier molecular flexibility index (Phi) is 7.18. The molecule has 0 saturated carbocycles. The summed E-state index contributed by atoms with van der Waals surface area (Å²) in [6, 6.07) is 7.27. The summed E-state index contributed by atoms with van der Waals surface area (Å²) in [6.07, 6.45) is 5.98. The average molecular weight is 507 g/mol. The van der Waals surface area contributed by atoms with Gasteiger partial charge < -0.3 is 15.6 Å². The van der Waals surface area contributed by atoms with E-state index in [1.54, 1.807) is 12.2 Å². The number of amides is 1. The van der Waals surface area contributed by atoms with E-state index in [9.17, 15) is 17.8 Å². The number of hydrogen-bond donors (Lipinski definition) is 2. The highest BCUT2D eigenvalue weighted by atomic mass is 32.2. The number of hydrogen-bond acceptors (Lipinski definition) is 8. The Morgan fingerprint density at radius 2 is 1.88 bits per heavy atom. The van der Waals surface area contributed by atoms with Crippen LogP contribution in [0.4, 0.5) is 5.69 Å². The molecule has 0 aliphatic heterocycles. The van der Waals surface area contributed by atoms with Crippen molar-refractivity contribution < 1.29 is 17.8 Å². The van der Waals surface area contributed by atoms with E-state index < -0.39 is 26.6 Å². The van der Waals surface area contributed by atoms with Gasteiger partial charge in [-0.05, 0) is 26.3 Å². The standard InChI is InChI=1S/C22H26N4O4S3/c1-22(2,3)26-19(27)18-16(23)15-17(24-21(32(4)28)25-20(15)31-18)14-10-8-13(9-11-14)7-6-12-33(5,29)30/h6-11H,12,23H2,1-5H3,(H,26,27)/b7-6+. The second-order valence-electron chi connectivity index (χ2n) is 8.65. The lowest BCUT2D eigenvalue weighted by Crippen LogP contribution is -2.40. The van der Waals surface area contributed by atoms with E-state index in [0.717, 1.165) is 16.9 Å². The Morgan fingerprint density at radius 3 is 2.42 bits per heavy atom. The normalized spacial score (nSPS) is 13.5. The summed E-state index contributed by atoms with van der Waals surface area (Å²) in [5.74, 6) is -0.350. The molecule has 3 rings (SSSR count). The maximum Gasteiger partial charge on any atom is 0.344 e. The lowest BCUT2D eigenvalue weighted by atomic mass is 10.1. The van der Waals surface area contributed by atoms with Gasteiger partial charge in [0, 0.05) is 28.5 Å². The van der Waals surface area contributed by atoms with Crippen molar-refractivity contribution in [2.75, 3.05) is 24.0 Å². The third-order valence-electron chi connectivity index (χ3n) is 4.41. The zero-order chi connectivity index (χ0) is 24.6. The van der Waals surface area contributed by atoms with Crippen molar-refractivity contribution in [3.63, 3.8) is 0 Å². The number of benzene rings is 1. The van der Waals surface area contributed by atoms with Crippen LogP contribution in [-0.2, 0) is 21.0 Å². The van der Waals surface area contributed by atoms with Crippen molar-refractivity contribution >= 4 is 60.2 Å². The third kappa shape index (κ3) is 6.32. The Hall–Kier alpha value is -2.47. The highest BCUT2D eigenvalue weighted by Gasteiger charge is 2.26. The maximum atomic E-state index is 12.8. The Balaban J connectivity index is 2.08. The van der Waals surface area contributed by atoms with Gasteiger partial charge in [-0.15, -0.1) is 11.3 Å². The first-order valence-corrected chi connectivity index (χ1v) is 14.4. The first kappa shape index (κ1) is 25.2. The molecule has 11 heteroatoms. The molecule has 2 heterocycles. The Bertz CT molecular complexity index is 1320. The van der Waals surface area contributed by atoms with Gasteiger partial charge in [-0.25, -0.2) is 8.42 Å². The van der Waals surface area contributed by atoms with Crippen LogP contribution in [0.2, 0.25) is 0 Å². The number of anilines is 1. The summed E-state index contributed by atoms with van der Waals surface area (Å²) in [6.45, 7) is 5.64. The second kappa shape index (κ2) is 9.41. The third-order valence-corrected chi connectivity index (χ3v) is 7.01. The van der Waals surface area contributed by atoms with E-state index in [4.69, 9.17) is 5.73 Å². The van der Waals surface area contributed by atoms with Gasteiger partial charge in [0.2, 0.25) is 0 Å². The smallest absolute Gasteiger partial charge is 0.344 e. The molecule has 1 aromatic carbocycles. The number of carbonyl (C=O) groups is 1. The van der Waals surface area contributed by atoms with Gasteiger partial charge in [0.15, 0.2) is 9.84 Å². The van der Waals surface area contributed by atoms with E-state index in [1.807, 2.05) is 45.0 Å². The van der Waals surface area contributed by atoms with Gasteiger partial charge in [0.05, 0.1) is 22.5 Å². The van der Waals surface area contributed by atoms with Gasteiger partial charge in [-0.1, -0.05) is 36.4 Å². The number of nitrogen functional groups attached to an aromatic ring is 1. The molecule has 1 amide bonds. The number of nitrogens with one attached hydrogen (secondary N) is 1. The topological polar surface area (TPSA) is 138 Å². The zero-order valence-electron chi connectivity index (χ0n) is 19.0. The molecule has 0 fully saturated rings. The van der Waals surface area contributed by atoms with E-state index in [1.165, 1.54) is 12.5 Å². The molecule has 1 atom stereocenters. The molecule has 0 aliphatic carbocycles. The summed E-state index contributed by atoms with van der Waals surface area (Å²) in [5.41, 5.74) is 8.23. The maximum absolute atomic E-state index is 12.8. The molecular formula is C22H26N4O4S3. The fourth-order valence-electron chi connectivity index (χ4n) is 3.02. The SMILES string of the molecule is C[S+]([O-])c1nc(-c2ccc(/C=C/CS(C)(=O)=O)cc2)c2c(N)c(C(=O)NC(C)(C)C)sc2n1. The van der Waals surface area contributed by atoms with E-state index in [2.05, 4.69) is 15.3 Å². The van der Waals surface area contributed by atoms with Crippen LogP contribution in [-0.4, -0.2) is 52.6 Å². The molecule has 3 aromatic rings. The molecule has 0 spiro atoms. The summed E-state index contributed by atoms with van der Waals surface area (Å²) in [5, 5.41) is 3.59. The van der Waals surface area contributed by atoms with E-state index in [-0.39, 0.29) is 22.5 Å². The minimum Gasteiger partial charge on any atom is -0.609 e. The van der Waals surface area contributed by atoms with Crippen LogP contribution in [0.5, 0.6) is 0 Å². The molecule has 8 nitrogen and oxygen atoms in total.